The minimum atomic E-state index is -0.395. The van der Waals surface area contributed by atoms with Gasteiger partial charge in [0.05, 0.1) is 0 Å². The molecule has 1 aliphatic heterocycles. The highest BCUT2D eigenvalue weighted by Gasteiger charge is 2.31. The van der Waals surface area contributed by atoms with Crippen molar-refractivity contribution in [2.45, 2.75) is 25.4 Å². The van der Waals surface area contributed by atoms with Gasteiger partial charge < -0.3 is 16.0 Å². The van der Waals surface area contributed by atoms with E-state index in [9.17, 15) is 9.18 Å². The first kappa shape index (κ1) is 12.8. The second-order valence-corrected chi connectivity index (χ2v) is 4.56. The molecule has 5 heteroatoms. The maximum absolute atomic E-state index is 13.0. The molecule has 4 nitrogen and oxygen atoms in total. The van der Waals surface area contributed by atoms with Crippen LogP contribution in [0.1, 0.15) is 13.3 Å². The van der Waals surface area contributed by atoms with Gasteiger partial charge in [-0.05, 0) is 37.6 Å². The summed E-state index contributed by atoms with van der Waals surface area (Å²) in [7, 11) is 0. The summed E-state index contributed by atoms with van der Waals surface area (Å²) in [4.78, 5) is 13.9. The van der Waals surface area contributed by atoms with Crippen molar-refractivity contribution >= 4 is 11.6 Å². The van der Waals surface area contributed by atoms with Gasteiger partial charge in [0.2, 0.25) is 5.91 Å². The van der Waals surface area contributed by atoms with Gasteiger partial charge in [0.1, 0.15) is 11.9 Å². The SMILES string of the molecule is CC1CCNC(=O)C(CN)N1c1ccc(F)cc1. The number of anilines is 1. The van der Waals surface area contributed by atoms with Gasteiger partial charge in [-0.2, -0.15) is 0 Å². The predicted molar refractivity (Wildman–Crippen MR) is 68.8 cm³/mol. The summed E-state index contributed by atoms with van der Waals surface area (Å²) in [5.41, 5.74) is 6.54. The number of benzene rings is 1. The van der Waals surface area contributed by atoms with E-state index in [1.54, 1.807) is 12.1 Å². The summed E-state index contributed by atoms with van der Waals surface area (Å²) in [6, 6.07) is 5.97. The highest BCUT2D eigenvalue weighted by molar-refractivity contribution is 5.86. The molecule has 18 heavy (non-hydrogen) atoms. The van der Waals surface area contributed by atoms with Crippen LogP contribution in [-0.2, 0) is 4.79 Å². The molecule has 3 N–H and O–H groups in total. The normalized spacial score (nSPS) is 24.6. The summed E-state index contributed by atoms with van der Waals surface area (Å²) >= 11 is 0. The molecule has 0 aliphatic carbocycles. The summed E-state index contributed by atoms with van der Waals surface area (Å²) < 4.78 is 13.0. The maximum Gasteiger partial charge on any atom is 0.244 e. The largest absolute Gasteiger partial charge is 0.356 e. The van der Waals surface area contributed by atoms with Crippen molar-refractivity contribution in [1.29, 1.82) is 0 Å². The second-order valence-electron chi connectivity index (χ2n) is 4.56. The smallest absolute Gasteiger partial charge is 0.244 e. The van der Waals surface area contributed by atoms with E-state index in [0.29, 0.717) is 6.54 Å². The molecule has 0 bridgehead atoms. The zero-order valence-electron chi connectivity index (χ0n) is 10.4. The van der Waals surface area contributed by atoms with Gasteiger partial charge in [-0.3, -0.25) is 4.79 Å². The summed E-state index contributed by atoms with van der Waals surface area (Å²) in [6.07, 6.45) is 0.847. The number of nitrogens with zero attached hydrogens (tertiary/aromatic N) is 1. The lowest BCUT2D eigenvalue weighted by Gasteiger charge is -2.34. The molecule has 1 aromatic carbocycles. The lowest BCUT2D eigenvalue weighted by molar-refractivity contribution is -0.121. The Kier molecular flexibility index (Phi) is 3.81. The minimum absolute atomic E-state index is 0.0637. The zero-order chi connectivity index (χ0) is 13.1. The number of hydrogen-bond donors (Lipinski definition) is 2. The summed E-state index contributed by atoms with van der Waals surface area (Å²) in [5.74, 6) is -0.346. The monoisotopic (exact) mass is 251 g/mol. The number of nitrogens with two attached hydrogens (primary N) is 1. The molecule has 1 aromatic rings. The van der Waals surface area contributed by atoms with Crippen molar-refractivity contribution in [2.75, 3.05) is 18.0 Å². The molecular formula is C13H18FN3O. The molecule has 0 aromatic heterocycles. The van der Waals surface area contributed by atoms with Crippen molar-refractivity contribution in [3.63, 3.8) is 0 Å². The van der Waals surface area contributed by atoms with E-state index in [-0.39, 0.29) is 24.3 Å². The van der Waals surface area contributed by atoms with E-state index in [4.69, 9.17) is 5.73 Å². The van der Waals surface area contributed by atoms with Gasteiger partial charge in [-0.25, -0.2) is 4.39 Å². The molecule has 1 heterocycles. The number of amides is 1. The zero-order valence-corrected chi connectivity index (χ0v) is 10.4. The first-order valence-electron chi connectivity index (χ1n) is 6.15. The van der Waals surface area contributed by atoms with E-state index < -0.39 is 6.04 Å². The number of hydrogen-bond acceptors (Lipinski definition) is 3. The summed E-state index contributed by atoms with van der Waals surface area (Å²) in [6.45, 7) is 2.94. The van der Waals surface area contributed by atoms with Gasteiger partial charge >= 0.3 is 0 Å². The molecule has 1 saturated heterocycles. The number of rotatable bonds is 2. The average Bonchev–Trinajstić information content (AvgIpc) is 2.49. The Morgan fingerprint density at radius 3 is 2.72 bits per heavy atom. The Balaban J connectivity index is 2.35. The molecule has 1 fully saturated rings. The van der Waals surface area contributed by atoms with E-state index >= 15 is 0 Å². The standard InChI is InChI=1S/C13H18FN3O/c1-9-6-7-16-13(18)12(8-15)17(9)11-4-2-10(14)3-5-11/h2-5,9,12H,6-8,15H2,1H3,(H,16,18). The molecule has 1 amide bonds. The predicted octanol–water partition coefficient (Wildman–Crippen LogP) is 0.868. The van der Waals surface area contributed by atoms with Crippen LogP contribution in [-0.4, -0.2) is 31.1 Å². The van der Waals surface area contributed by atoms with Gasteiger partial charge in [0.25, 0.3) is 0 Å². The average molecular weight is 251 g/mol. The van der Waals surface area contributed by atoms with Crippen LogP contribution in [0, 0.1) is 5.82 Å². The molecule has 98 valence electrons. The first-order valence-corrected chi connectivity index (χ1v) is 6.15. The Morgan fingerprint density at radius 2 is 2.11 bits per heavy atom. The number of carbonyl (C=O) groups excluding carboxylic acids is 1. The van der Waals surface area contributed by atoms with Crippen LogP contribution < -0.4 is 16.0 Å². The fraction of sp³-hybridized carbons (Fsp3) is 0.462. The summed E-state index contributed by atoms with van der Waals surface area (Å²) in [5, 5.41) is 2.85. The van der Waals surface area contributed by atoms with Crippen molar-refractivity contribution in [3.05, 3.63) is 30.1 Å². The molecule has 2 atom stereocenters. The van der Waals surface area contributed by atoms with Gasteiger partial charge in [-0.1, -0.05) is 0 Å². The van der Waals surface area contributed by atoms with Gasteiger partial charge in [-0.15, -0.1) is 0 Å². The van der Waals surface area contributed by atoms with Crippen LogP contribution in [0.15, 0.2) is 24.3 Å². The quantitative estimate of drug-likeness (QED) is 0.820. The number of halogens is 1. The van der Waals surface area contributed by atoms with Crippen molar-refractivity contribution < 1.29 is 9.18 Å². The van der Waals surface area contributed by atoms with Crippen LogP contribution in [0.5, 0.6) is 0 Å². The lowest BCUT2D eigenvalue weighted by Crippen LogP contribution is -2.51. The third-order valence-corrected chi connectivity index (χ3v) is 3.32. The fourth-order valence-corrected chi connectivity index (χ4v) is 2.36. The minimum Gasteiger partial charge on any atom is -0.356 e. The van der Waals surface area contributed by atoms with Crippen molar-refractivity contribution in [1.82, 2.24) is 5.32 Å². The van der Waals surface area contributed by atoms with E-state index in [1.165, 1.54) is 12.1 Å². The molecule has 0 saturated carbocycles. The number of nitrogens with one attached hydrogen (secondary N) is 1. The molecule has 0 radical (unpaired) electrons. The molecule has 0 spiro atoms. The topological polar surface area (TPSA) is 58.4 Å². The highest BCUT2D eigenvalue weighted by atomic mass is 19.1. The Morgan fingerprint density at radius 1 is 1.44 bits per heavy atom. The Hall–Kier alpha value is -1.62. The first-order chi connectivity index (χ1) is 8.63. The van der Waals surface area contributed by atoms with E-state index in [2.05, 4.69) is 5.32 Å². The van der Waals surface area contributed by atoms with Crippen LogP contribution in [0.2, 0.25) is 0 Å². The Labute approximate surface area is 106 Å². The highest BCUT2D eigenvalue weighted by Crippen LogP contribution is 2.23. The maximum atomic E-state index is 13.0. The van der Waals surface area contributed by atoms with Gasteiger partial charge in [0.15, 0.2) is 0 Å². The molecular weight excluding hydrogens is 233 g/mol. The lowest BCUT2D eigenvalue weighted by atomic mass is 10.1. The molecule has 2 unspecified atom stereocenters. The van der Waals surface area contributed by atoms with Crippen LogP contribution in [0.25, 0.3) is 0 Å². The molecule has 1 aliphatic rings. The van der Waals surface area contributed by atoms with Crippen LogP contribution >= 0.6 is 0 Å². The van der Waals surface area contributed by atoms with E-state index in [0.717, 1.165) is 12.1 Å². The van der Waals surface area contributed by atoms with Crippen LogP contribution in [0.3, 0.4) is 0 Å². The van der Waals surface area contributed by atoms with Gasteiger partial charge in [0, 0.05) is 24.8 Å². The van der Waals surface area contributed by atoms with Crippen LogP contribution in [0.4, 0.5) is 10.1 Å². The fourth-order valence-electron chi connectivity index (χ4n) is 2.36. The third kappa shape index (κ3) is 2.46. The third-order valence-electron chi connectivity index (χ3n) is 3.32. The second kappa shape index (κ2) is 5.35. The van der Waals surface area contributed by atoms with Crippen molar-refractivity contribution in [2.24, 2.45) is 5.73 Å². The molecule has 2 rings (SSSR count). The Bertz CT molecular complexity index is 421. The number of carbonyl (C=O) groups is 1. The van der Waals surface area contributed by atoms with Crippen molar-refractivity contribution in [3.8, 4) is 0 Å². The van der Waals surface area contributed by atoms with E-state index in [1.807, 2.05) is 11.8 Å².